The Kier molecular flexibility index (Phi) is 7.82. The van der Waals surface area contributed by atoms with E-state index in [0.29, 0.717) is 17.8 Å². The minimum Gasteiger partial charge on any atom is -0.314 e. The topological polar surface area (TPSA) is 61.4 Å². The average Bonchev–Trinajstić information content (AvgIpc) is 2.80. The molecule has 0 amide bonds. The van der Waals surface area contributed by atoms with E-state index in [9.17, 15) is 8.42 Å². The van der Waals surface area contributed by atoms with Gasteiger partial charge < -0.3 is 5.32 Å². The van der Waals surface area contributed by atoms with Crippen LogP contribution in [0.15, 0.2) is 0 Å². The van der Waals surface area contributed by atoms with E-state index in [1.165, 1.54) is 4.31 Å². The van der Waals surface area contributed by atoms with Crippen molar-refractivity contribution in [3.8, 4) is 0 Å². The molecule has 0 spiro atoms. The predicted octanol–water partition coefficient (Wildman–Crippen LogP) is 1.42. The average molecular weight is 324 g/mol. The highest BCUT2D eigenvalue weighted by atomic mass is 32.2. The molecule has 7 heteroatoms. The van der Waals surface area contributed by atoms with Crippen molar-refractivity contribution in [3.63, 3.8) is 0 Å². The van der Waals surface area contributed by atoms with E-state index in [2.05, 4.69) is 30.1 Å². The Labute approximate surface area is 128 Å². The molecule has 0 heterocycles. The third-order valence-electron chi connectivity index (χ3n) is 3.65. The molecule has 1 rings (SSSR count). The lowest BCUT2D eigenvalue weighted by Gasteiger charge is -2.21. The van der Waals surface area contributed by atoms with Crippen molar-refractivity contribution in [1.82, 2.24) is 14.3 Å². The molecular formula is C13H29N3O2S2. The Hall–Kier alpha value is 0.180. The molecule has 20 heavy (non-hydrogen) atoms. The van der Waals surface area contributed by atoms with Crippen LogP contribution in [0, 0.1) is 0 Å². The molecule has 1 saturated carbocycles. The SMILES string of the molecule is CSC1CCC(NS(=O)(=O)N(C)CCCNC(C)C)C1. The molecule has 5 nitrogen and oxygen atoms in total. The molecule has 0 aromatic carbocycles. The molecule has 120 valence electrons. The van der Waals surface area contributed by atoms with Gasteiger partial charge in [-0.05, 0) is 38.5 Å². The predicted molar refractivity (Wildman–Crippen MR) is 87.4 cm³/mol. The van der Waals surface area contributed by atoms with E-state index in [1.807, 2.05) is 11.8 Å². The van der Waals surface area contributed by atoms with Crippen LogP contribution in [0.4, 0.5) is 0 Å². The quantitative estimate of drug-likeness (QED) is 0.630. The highest BCUT2D eigenvalue weighted by molar-refractivity contribution is 7.99. The van der Waals surface area contributed by atoms with Crippen molar-refractivity contribution in [2.45, 2.75) is 56.9 Å². The first kappa shape index (κ1) is 18.2. The molecule has 0 radical (unpaired) electrons. The normalized spacial score (nSPS) is 23.9. The first-order valence-corrected chi connectivity index (χ1v) is 10.1. The highest BCUT2D eigenvalue weighted by Gasteiger charge is 2.29. The Morgan fingerprint density at radius 1 is 1.35 bits per heavy atom. The zero-order chi connectivity index (χ0) is 15.2. The van der Waals surface area contributed by atoms with Crippen molar-refractivity contribution >= 4 is 22.0 Å². The lowest BCUT2D eigenvalue weighted by atomic mass is 10.3. The van der Waals surface area contributed by atoms with Crippen LogP contribution in [-0.2, 0) is 10.2 Å². The molecule has 2 N–H and O–H groups in total. The van der Waals surface area contributed by atoms with E-state index < -0.39 is 10.2 Å². The Bertz CT molecular complexity index is 374. The number of thioether (sulfide) groups is 1. The fourth-order valence-electron chi connectivity index (χ4n) is 2.37. The van der Waals surface area contributed by atoms with Gasteiger partial charge in [0, 0.05) is 30.9 Å². The summed E-state index contributed by atoms with van der Waals surface area (Å²) in [5.41, 5.74) is 0. The van der Waals surface area contributed by atoms with E-state index in [0.717, 1.165) is 32.2 Å². The van der Waals surface area contributed by atoms with Gasteiger partial charge in [-0.25, -0.2) is 0 Å². The van der Waals surface area contributed by atoms with Gasteiger partial charge in [-0.15, -0.1) is 0 Å². The van der Waals surface area contributed by atoms with Crippen LogP contribution < -0.4 is 10.0 Å². The molecule has 2 unspecified atom stereocenters. The third-order valence-corrected chi connectivity index (χ3v) is 6.38. The summed E-state index contributed by atoms with van der Waals surface area (Å²) in [6.07, 6.45) is 5.93. The smallest absolute Gasteiger partial charge is 0.279 e. The maximum Gasteiger partial charge on any atom is 0.279 e. The van der Waals surface area contributed by atoms with Gasteiger partial charge in [-0.2, -0.15) is 29.2 Å². The van der Waals surface area contributed by atoms with Crippen LogP contribution in [0.1, 0.15) is 39.5 Å². The Balaban J connectivity index is 2.32. The lowest BCUT2D eigenvalue weighted by molar-refractivity contribution is 0.430. The van der Waals surface area contributed by atoms with Crippen molar-refractivity contribution in [2.75, 3.05) is 26.4 Å². The van der Waals surface area contributed by atoms with E-state index in [1.54, 1.807) is 7.05 Å². The maximum atomic E-state index is 12.2. The van der Waals surface area contributed by atoms with Gasteiger partial charge in [0.15, 0.2) is 0 Å². The van der Waals surface area contributed by atoms with Gasteiger partial charge >= 0.3 is 0 Å². The lowest BCUT2D eigenvalue weighted by Crippen LogP contribution is -2.43. The van der Waals surface area contributed by atoms with Crippen molar-refractivity contribution in [2.24, 2.45) is 0 Å². The largest absolute Gasteiger partial charge is 0.314 e. The molecule has 1 aliphatic rings. The zero-order valence-electron chi connectivity index (χ0n) is 13.1. The van der Waals surface area contributed by atoms with E-state index in [4.69, 9.17) is 0 Å². The molecule has 0 aliphatic heterocycles. The maximum absolute atomic E-state index is 12.2. The van der Waals surface area contributed by atoms with Crippen LogP contribution >= 0.6 is 11.8 Å². The fraction of sp³-hybridized carbons (Fsp3) is 1.00. The first-order chi connectivity index (χ1) is 9.35. The van der Waals surface area contributed by atoms with Crippen molar-refractivity contribution < 1.29 is 8.42 Å². The van der Waals surface area contributed by atoms with Gasteiger partial charge in [-0.1, -0.05) is 13.8 Å². The van der Waals surface area contributed by atoms with Crippen LogP contribution in [-0.4, -0.2) is 56.4 Å². The molecule has 0 aromatic heterocycles. The fourth-order valence-corrected chi connectivity index (χ4v) is 4.36. The third kappa shape index (κ3) is 6.30. The summed E-state index contributed by atoms with van der Waals surface area (Å²) in [6.45, 7) is 5.57. The number of hydrogen-bond acceptors (Lipinski definition) is 4. The molecule has 1 aliphatic carbocycles. The summed E-state index contributed by atoms with van der Waals surface area (Å²) in [4.78, 5) is 0. The first-order valence-electron chi connectivity index (χ1n) is 7.35. The van der Waals surface area contributed by atoms with Crippen LogP contribution in [0.2, 0.25) is 0 Å². The van der Waals surface area contributed by atoms with Crippen molar-refractivity contribution in [3.05, 3.63) is 0 Å². The Morgan fingerprint density at radius 3 is 2.60 bits per heavy atom. The zero-order valence-corrected chi connectivity index (χ0v) is 14.7. The Morgan fingerprint density at radius 2 is 2.05 bits per heavy atom. The summed E-state index contributed by atoms with van der Waals surface area (Å²) in [6, 6.07) is 0.547. The number of hydrogen-bond donors (Lipinski definition) is 2. The van der Waals surface area contributed by atoms with Crippen LogP contribution in [0.3, 0.4) is 0 Å². The van der Waals surface area contributed by atoms with Crippen LogP contribution in [0.5, 0.6) is 0 Å². The molecule has 0 saturated heterocycles. The summed E-state index contributed by atoms with van der Waals surface area (Å²) < 4.78 is 28.7. The summed E-state index contributed by atoms with van der Waals surface area (Å²) in [5, 5.41) is 3.89. The minimum absolute atomic E-state index is 0.105. The summed E-state index contributed by atoms with van der Waals surface area (Å²) in [5.74, 6) is 0. The number of nitrogens with one attached hydrogen (secondary N) is 2. The molecule has 2 atom stereocenters. The van der Waals surface area contributed by atoms with Gasteiger partial charge in [-0.3, -0.25) is 0 Å². The standard InChI is InChI=1S/C13H29N3O2S2/c1-11(2)14-8-5-9-16(3)20(17,18)15-12-6-7-13(10-12)19-4/h11-15H,5-10H2,1-4H3. The van der Waals surface area contributed by atoms with Crippen molar-refractivity contribution in [1.29, 1.82) is 0 Å². The molecular weight excluding hydrogens is 294 g/mol. The highest BCUT2D eigenvalue weighted by Crippen LogP contribution is 2.28. The second-order valence-electron chi connectivity index (χ2n) is 5.77. The van der Waals surface area contributed by atoms with E-state index >= 15 is 0 Å². The number of rotatable bonds is 9. The number of nitrogens with zero attached hydrogens (tertiary/aromatic N) is 1. The minimum atomic E-state index is -3.33. The van der Waals surface area contributed by atoms with E-state index in [-0.39, 0.29) is 6.04 Å². The monoisotopic (exact) mass is 323 g/mol. The van der Waals surface area contributed by atoms with Gasteiger partial charge in [0.25, 0.3) is 10.2 Å². The van der Waals surface area contributed by atoms with Gasteiger partial charge in [0.2, 0.25) is 0 Å². The summed E-state index contributed by atoms with van der Waals surface area (Å²) >= 11 is 1.83. The summed E-state index contributed by atoms with van der Waals surface area (Å²) in [7, 11) is -1.68. The van der Waals surface area contributed by atoms with Gasteiger partial charge in [0.1, 0.15) is 0 Å². The molecule has 0 bridgehead atoms. The van der Waals surface area contributed by atoms with Crippen LogP contribution in [0.25, 0.3) is 0 Å². The second kappa shape index (κ2) is 8.58. The molecule has 0 aromatic rings. The van der Waals surface area contributed by atoms with Gasteiger partial charge in [0.05, 0.1) is 0 Å². The molecule has 1 fully saturated rings. The second-order valence-corrected chi connectivity index (χ2v) is 8.72.